The molecule has 0 saturated heterocycles. The number of benzene rings is 2. The topological polar surface area (TPSA) is 67.9 Å². The van der Waals surface area contributed by atoms with Gasteiger partial charge in [-0.3, -0.25) is 9.59 Å². The highest BCUT2D eigenvalue weighted by molar-refractivity contribution is 14.1. The number of amides is 2. The van der Waals surface area contributed by atoms with Crippen molar-refractivity contribution in [3.63, 3.8) is 0 Å². The van der Waals surface area contributed by atoms with Crippen molar-refractivity contribution in [3.05, 3.63) is 45.5 Å². The Labute approximate surface area is 198 Å². The van der Waals surface area contributed by atoms with Crippen molar-refractivity contribution in [3.8, 4) is 22.6 Å². The molecule has 0 aromatic heterocycles. The average molecular weight is 538 g/mol. The summed E-state index contributed by atoms with van der Waals surface area (Å²) in [5.41, 5.74) is 2.94. The molecule has 0 radical (unpaired) electrons. The maximum atomic E-state index is 12.5. The number of methoxy groups -OCH3 is 2. The summed E-state index contributed by atoms with van der Waals surface area (Å²) in [5.74, 6) is 0.247. The zero-order valence-corrected chi connectivity index (χ0v) is 21.1. The first kappa shape index (κ1) is 25.0. The summed E-state index contributed by atoms with van der Waals surface area (Å²) in [7, 11) is 3.24. The van der Waals surface area contributed by atoms with Crippen molar-refractivity contribution in [2.45, 2.75) is 46.2 Å². The summed E-state index contributed by atoms with van der Waals surface area (Å²) in [6, 6.07) is 11.9. The lowest BCUT2D eigenvalue weighted by atomic mass is 9.99. The first-order valence-corrected chi connectivity index (χ1v) is 11.4. The van der Waals surface area contributed by atoms with Gasteiger partial charge >= 0.3 is 11.8 Å². The Morgan fingerprint density at radius 2 is 1.58 bits per heavy atom. The van der Waals surface area contributed by atoms with Gasteiger partial charge in [0.25, 0.3) is 0 Å². The number of nitrogens with one attached hydrogen (secondary N) is 1. The summed E-state index contributed by atoms with van der Waals surface area (Å²) in [4.78, 5) is 26.6. The maximum absolute atomic E-state index is 12.5. The Morgan fingerprint density at radius 3 is 2.10 bits per heavy atom. The number of nitrogens with zero attached hydrogens (tertiary/aromatic N) is 1. The molecule has 0 aliphatic carbocycles. The van der Waals surface area contributed by atoms with Gasteiger partial charge in [0.1, 0.15) is 0 Å². The summed E-state index contributed by atoms with van der Waals surface area (Å²) in [6.07, 6.45) is 0.556. The second kappa shape index (κ2) is 11.4. The third-order valence-corrected chi connectivity index (χ3v) is 6.15. The highest BCUT2D eigenvalue weighted by atomic mass is 127. The lowest BCUT2D eigenvalue weighted by molar-refractivity contribution is -0.148. The molecular weight excluding hydrogens is 507 g/mol. The number of carbonyl (C=O) groups excluding carboxylic acids is 2. The van der Waals surface area contributed by atoms with E-state index in [1.54, 1.807) is 19.1 Å². The second-order valence-corrected chi connectivity index (χ2v) is 8.81. The molecule has 0 atom stereocenters. The minimum atomic E-state index is -0.582. The maximum Gasteiger partial charge on any atom is 0.312 e. The van der Waals surface area contributed by atoms with Crippen molar-refractivity contribution in [1.82, 2.24) is 10.2 Å². The van der Waals surface area contributed by atoms with E-state index in [1.807, 2.05) is 58.0 Å². The SMILES string of the molecule is COc1c(-c2ccccc2)cc(CCNC(=O)C(=O)N(C(C)C)C(C)C)c(I)c1OC. The number of hydrogen-bond donors (Lipinski definition) is 1. The standard InChI is InChI=1S/C24H31IN2O4/c1-15(2)27(16(3)4)24(29)23(28)26-13-12-18-14-19(17-10-8-7-9-11-17)21(30-5)22(31-6)20(18)25/h7-11,14-16H,12-13H2,1-6H3,(H,26,28). The molecule has 2 aromatic rings. The Kier molecular flexibility index (Phi) is 9.15. The molecule has 168 valence electrons. The molecule has 6 nitrogen and oxygen atoms in total. The van der Waals surface area contributed by atoms with Gasteiger partial charge in [0, 0.05) is 24.2 Å². The van der Waals surface area contributed by atoms with Crippen LogP contribution in [0, 0.1) is 3.57 Å². The fourth-order valence-corrected chi connectivity index (χ4v) is 4.53. The van der Waals surface area contributed by atoms with E-state index in [-0.39, 0.29) is 12.1 Å². The molecule has 0 saturated carbocycles. The lowest BCUT2D eigenvalue weighted by Gasteiger charge is -2.30. The molecular formula is C24H31IN2O4. The van der Waals surface area contributed by atoms with Gasteiger partial charge in [-0.25, -0.2) is 0 Å². The van der Waals surface area contributed by atoms with Gasteiger partial charge < -0.3 is 19.7 Å². The van der Waals surface area contributed by atoms with E-state index >= 15 is 0 Å². The lowest BCUT2D eigenvalue weighted by Crippen LogP contribution is -2.49. The summed E-state index contributed by atoms with van der Waals surface area (Å²) in [5, 5.41) is 2.77. The fraction of sp³-hybridized carbons (Fsp3) is 0.417. The van der Waals surface area contributed by atoms with Crippen molar-refractivity contribution in [1.29, 1.82) is 0 Å². The first-order valence-electron chi connectivity index (χ1n) is 10.3. The van der Waals surface area contributed by atoms with Gasteiger partial charge in [0.05, 0.1) is 17.8 Å². The largest absolute Gasteiger partial charge is 0.492 e. The van der Waals surface area contributed by atoms with Gasteiger partial charge in [-0.2, -0.15) is 0 Å². The average Bonchev–Trinajstić information content (AvgIpc) is 2.74. The molecule has 2 aromatic carbocycles. The van der Waals surface area contributed by atoms with Crippen LogP contribution in [0.3, 0.4) is 0 Å². The molecule has 0 fully saturated rings. The Bertz CT molecular complexity index is 906. The van der Waals surface area contributed by atoms with Crippen LogP contribution in [0.5, 0.6) is 11.5 Å². The van der Waals surface area contributed by atoms with Crippen LogP contribution in [-0.2, 0) is 16.0 Å². The van der Waals surface area contributed by atoms with E-state index in [0.717, 1.165) is 20.3 Å². The van der Waals surface area contributed by atoms with Crippen LogP contribution in [0.2, 0.25) is 0 Å². The predicted molar refractivity (Wildman–Crippen MR) is 132 cm³/mol. The van der Waals surface area contributed by atoms with Gasteiger partial charge in [-0.15, -0.1) is 0 Å². The molecule has 0 unspecified atom stereocenters. The quantitative estimate of drug-likeness (QED) is 0.403. The highest BCUT2D eigenvalue weighted by Crippen LogP contribution is 2.43. The van der Waals surface area contributed by atoms with Gasteiger partial charge in [0.15, 0.2) is 11.5 Å². The molecule has 7 heteroatoms. The van der Waals surface area contributed by atoms with E-state index in [4.69, 9.17) is 9.47 Å². The zero-order chi connectivity index (χ0) is 23.1. The minimum Gasteiger partial charge on any atom is -0.492 e. The van der Waals surface area contributed by atoms with Crippen LogP contribution in [0.15, 0.2) is 36.4 Å². The van der Waals surface area contributed by atoms with Crippen LogP contribution in [-0.4, -0.2) is 49.6 Å². The number of hydrogen-bond acceptors (Lipinski definition) is 4. The number of rotatable bonds is 8. The van der Waals surface area contributed by atoms with E-state index in [9.17, 15) is 9.59 Å². The molecule has 2 rings (SSSR count). The second-order valence-electron chi connectivity index (χ2n) is 7.74. The Morgan fingerprint density at radius 1 is 1.00 bits per heavy atom. The molecule has 0 aliphatic heterocycles. The first-order chi connectivity index (χ1) is 14.7. The van der Waals surface area contributed by atoms with Crippen molar-refractivity contribution in [2.75, 3.05) is 20.8 Å². The summed E-state index contributed by atoms with van der Waals surface area (Å²) < 4.78 is 12.2. The third-order valence-electron chi connectivity index (χ3n) is 4.97. The molecule has 2 amide bonds. The normalized spacial score (nSPS) is 10.9. The van der Waals surface area contributed by atoms with Crippen LogP contribution in [0.1, 0.15) is 33.3 Å². The predicted octanol–water partition coefficient (Wildman–Crippen LogP) is 4.28. The fourth-order valence-electron chi connectivity index (χ4n) is 3.64. The third kappa shape index (κ3) is 5.90. The van der Waals surface area contributed by atoms with E-state index in [0.29, 0.717) is 24.5 Å². The smallest absolute Gasteiger partial charge is 0.312 e. The molecule has 31 heavy (non-hydrogen) atoms. The van der Waals surface area contributed by atoms with Crippen LogP contribution in [0.25, 0.3) is 11.1 Å². The molecule has 0 bridgehead atoms. The highest BCUT2D eigenvalue weighted by Gasteiger charge is 2.26. The van der Waals surface area contributed by atoms with Crippen molar-refractivity contribution in [2.24, 2.45) is 0 Å². The minimum absolute atomic E-state index is 0.0431. The summed E-state index contributed by atoms with van der Waals surface area (Å²) in [6.45, 7) is 7.96. The number of halogens is 1. The Hall–Kier alpha value is -2.29. The van der Waals surface area contributed by atoms with Gasteiger partial charge in [-0.1, -0.05) is 30.3 Å². The zero-order valence-electron chi connectivity index (χ0n) is 19.0. The van der Waals surface area contributed by atoms with E-state index < -0.39 is 11.8 Å². The Balaban J connectivity index is 2.24. The van der Waals surface area contributed by atoms with Crippen LogP contribution in [0.4, 0.5) is 0 Å². The van der Waals surface area contributed by atoms with Crippen molar-refractivity contribution < 1.29 is 19.1 Å². The summed E-state index contributed by atoms with van der Waals surface area (Å²) >= 11 is 2.23. The molecule has 0 aliphatic rings. The van der Waals surface area contributed by atoms with Crippen LogP contribution >= 0.6 is 22.6 Å². The van der Waals surface area contributed by atoms with Crippen LogP contribution < -0.4 is 14.8 Å². The van der Waals surface area contributed by atoms with E-state index in [2.05, 4.69) is 34.0 Å². The number of ether oxygens (including phenoxy) is 2. The number of carbonyl (C=O) groups is 2. The van der Waals surface area contributed by atoms with Crippen molar-refractivity contribution >= 4 is 34.4 Å². The molecule has 1 N–H and O–H groups in total. The van der Waals surface area contributed by atoms with E-state index in [1.165, 1.54) is 0 Å². The van der Waals surface area contributed by atoms with Gasteiger partial charge in [-0.05, 0) is 73.9 Å². The molecule has 0 heterocycles. The monoisotopic (exact) mass is 538 g/mol. The van der Waals surface area contributed by atoms with Gasteiger partial charge in [0.2, 0.25) is 0 Å². The molecule has 0 spiro atoms.